The lowest BCUT2D eigenvalue weighted by Gasteiger charge is -2.34. The number of likely N-dealkylation sites (tertiary alicyclic amines) is 1. The van der Waals surface area contributed by atoms with Gasteiger partial charge in [-0.3, -0.25) is 33.6 Å². The van der Waals surface area contributed by atoms with Crippen molar-refractivity contribution in [3.63, 3.8) is 0 Å². The molecule has 0 aromatic carbocycles. The Kier molecular flexibility index (Phi) is 25.1. The number of hydrogen-bond acceptors (Lipinski definition) is 9. The number of nitrogens with zero attached hydrogens (tertiary/aromatic N) is 1. The molecule has 0 aromatic rings. The predicted octanol–water partition coefficient (Wildman–Crippen LogP) is 2.85. The molecule has 1 aliphatic rings. The zero-order valence-corrected chi connectivity index (χ0v) is 37.3. The second kappa shape index (κ2) is 27.9. The van der Waals surface area contributed by atoms with Crippen molar-refractivity contribution in [2.24, 2.45) is 17.6 Å². The molecule has 0 aromatic heterocycles. The van der Waals surface area contributed by atoms with Gasteiger partial charge in [-0.1, -0.05) is 98.8 Å². The van der Waals surface area contributed by atoms with Crippen LogP contribution in [0, 0.1) is 11.8 Å². The Balaban J connectivity index is 2.88. The first-order valence-electron chi connectivity index (χ1n) is 22.1. The lowest BCUT2D eigenvalue weighted by Crippen LogP contribution is -2.62. The number of nitrogens with two attached hydrogens (primary N) is 1. The van der Waals surface area contributed by atoms with Crippen molar-refractivity contribution in [1.29, 1.82) is 0 Å². The molecule has 0 spiro atoms. The van der Waals surface area contributed by atoms with E-state index in [0.717, 1.165) is 19.3 Å². The van der Waals surface area contributed by atoms with E-state index in [1.165, 1.54) is 56.8 Å². The molecule has 0 unspecified atom stereocenters. The van der Waals surface area contributed by atoms with Crippen LogP contribution in [-0.2, 0) is 33.6 Å². The molecule has 7 amide bonds. The topological polar surface area (TPSA) is 249 Å². The molecule has 6 atom stereocenters. The molecule has 16 heteroatoms. The zero-order chi connectivity index (χ0) is 44.7. The smallest absolute Gasteiger partial charge is 0.248 e. The van der Waals surface area contributed by atoms with Crippen LogP contribution in [0.3, 0.4) is 0 Å². The van der Waals surface area contributed by atoms with Gasteiger partial charge >= 0.3 is 0 Å². The van der Waals surface area contributed by atoms with Gasteiger partial charge in [0.2, 0.25) is 41.4 Å². The summed E-state index contributed by atoms with van der Waals surface area (Å²) in [6, 6.07) is -5.43. The van der Waals surface area contributed by atoms with Crippen LogP contribution in [0.5, 0.6) is 0 Å². The van der Waals surface area contributed by atoms with Crippen LogP contribution in [0.25, 0.3) is 0 Å². The average Bonchev–Trinajstić information content (AvgIpc) is 3.54. The number of carbonyl (C=O) groups excluding carboxylic acids is 7. The molecule has 0 bridgehead atoms. The first-order chi connectivity index (χ1) is 27.7. The Morgan fingerprint density at radius 1 is 0.712 bits per heavy atom. The molecular weight excluding hydrogens is 759 g/mol. The van der Waals surface area contributed by atoms with Gasteiger partial charge in [0.05, 0.1) is 18.8 Å². The normalized spacial score (nSPS) is 17.5. The van der Waals surface area contributed by atoms with Gasteiger partial charge in [0.15, 0.2) is 0 Å². The van der Waals surface area contributed by atoms with Gasteiger partial charge in [-0.05, 0) is 64.7 Å². The van der Waals surface area contributed by atoms with Crippen LogP contribution in [0.1, 0.15) is 165 Å². The summed E-state index contributed by atoms with van der Waals surface area (Å²) in [6.45, 7) is 14.0. The van der Waals surface area contributed by atoms with Crippen molar-refractivity contribution in [2.75, 3.05) is 13.2 Å². The highest BCUT2D eigenvalue weighted by molar-refractivity contribution is 5.97. The molecule has 59 heavy (non-hydrogen) atoms. The molecule has 0 saturated carbocycles. The number of unbranched alkanes of at least 4 members (excludes halogenated alkanes) is 10. The number of carbonyl (C=O) groups is 7. The van der Waals surface area contributed by atoms with E-state index in [-0.39, 0.29) is 63.0 Å². The van der Waals surface area contributed by atoms with E-state index in [9.17, 15) is 43.8 Å². The molecule has 16 nitrogen and oxygen atoms in total. The highest BCUT2D eigenvalue weighted by atomic mass is 16.3. The number of hydrogen-bond donors (Lipinski definition) is 8. The number of aliphatic hydroxyl groups is 2. The van der Waals surface area contributed by atoms with Crippen LogP contribution < -0.4 is 32.3 Å². The summed E-state index contributed by atoms with van der Waals surface area (Å²) < 4.78 is 0. The Labute approximate surface area is 353 Å². The molecule has 1 rings (SSSR count). The summed E-state index contributed by atoms with van der Waals surface area (Å²) in [5.74, 6) is -4.24. The second-order valence-corrected chi connectivity index (χ2v) is 17.8. The molecule has 0 aliphatic carbocycles. The lowest BCUT2D eigenvalue weighted by atomic mass is 10.00. The van der Waals surface area contributed by atoms with Gasteiger partial charge in [0.1, 0.15) is 29.7 Å². The van der Waals surface area contributed by atoms with E-state index in [1.807, 2.05) is 27.7 Å². The van der Waals surface area contributed by atoms with Crippen LogP contribution in [0.15, 0.2) is 0 Å². The summed E-state index contributed by atoms with van der Waals surface area (Å²) in [5.41, 5.74) is 3.93. The Morgan fingerprint density at radius 2 is 1.25 bits per heavy atom. The maximum Gasteiger partial charge on any atom is 0.248 e. The number of primary amides is 1. The molecule has 340 valence electrons. The number of aliphatic hydroxyl groups excluding tert-OH is 2. The minimum absolute atomic E-state index is 0.0647. The summed E-state index contributed by atoms with van der Waals surface area (Å²) in [6.07, 6.45) is 12.2. The fourth-order valence-electron chi connectivity index (χ4n) is 7.34. The number of amides is 7. The van der Waals surface area contributed by atoms with Gasteiger partial charge in [0.25, 0.3) is 0 Å². The first-order valence-corrected chi connectivity index (χ1v) is 22.1. The molecule has 1 saturated heterocycles. The van der Waals surface area contributed by atoms with Gasteiger partial charge in [-0.2, -0.15) is 0 Å². The van der Waals surface area contributed by atoms with E-state index in [2.05, 4.69) is 33.5 Å². The van der Waals surface area contributed by atoms with Gasteiger partial charge in [0, 0.05) is 19.4 Å². The van der Waals surface area contributed by atoms with Crippen molar-refractivity contribution in [2.45, 2.75) is 206 Å². The zero-order valence-electron chi connectivity index (χ0n) is 37.3. The van der Waals surface area contributed by atoms with Gasteiger partial charge in [-0.25, -0.2) is 0 Å². The average molecular weight is 838 g/mol. The van der Waals surface area contributed by atoms with E-state index in [4.69, 9.17) is 5.73 Å². The Bertz CT molecular complexity index is 1340. The fraction of sp³-hybridized carbons (Fsp3) is 0.837. The third kappa shape index (κ3) is 20.8. The maximum atomic E-state index is 13.8. The maximum absolute atomic E-state index is 13.8. The molecule has 0 radical (unpaired) electrons. The molecule has 1 fully saturated rings. The molecule has 9 N–H and O–H groups in total. The summed E-state index contributed by atoms with van der Waals surface area (Å²) in [7, 11) is 0. The lowest BCUT2D eigenvalue weighted by molar-refractivity contribution is -0.147. The summed E-state index contributed by atoms with van der Waals surface area (Å²) in [5, 5.41) is 33.9. The fourth-order valence-corrected chi connectivity index (χ4v) is 7.34. The van der Waals surface area contributed by atoms with Gasteiger partial charge in [-0.15, -0.1) is 0 Å². The SMILES string of the molecule is CCCCCCCCCCCCCC(=O)NC(C)(C)C(=O)N1CC[C@H](O)[C@H]1C(=O)N[C@@H](CC(C)C)C(=O)N[C@@H](C)C(=O)N[C@@H](CCC(N)=O)C(=O)N[C@H](CO)CC(C)C. The van der Waals surface area contributed by atoms with Crippen molar-refractivity contribution in [3.8, 4) is 0 Å². The number of rotatable bonds is 30. The van der Waals surface area contributed by atoms with Crippen LogP contribution >= 0.6 is 0 Å². The molecule has 1 aliphatic heterocycles. The minimum Gasteiger partial charge on any atom is -0.394 e. The van der Waals surface area contributed by atoms with Crippen molar-refractivity contribution in [3.05, 3.63) is 0 Å². The van der Waals surface area contributed by atoms with Gasteiger partial charge < -0.3 is 47.4 Å². The minimum atomic E-state index is -1.37. The van der Waals surface area contributed by atoms with Crippen molar-refractivity contribution < 1.29 is 43.8 Å². The quantitative estimate of drug-likeness (QED) is 0.0495. The Morgan fingerprint density at radius 3 is 1.78 bits per heavy atom. The molecule has 1 heterocycles. The van der Waals surface area contributed by atoms with Crippen LogP contribution in [-0.4, -0.2) is 111 Å². The highest BCUT2D eigenvalue weighted by Crippen LogP contribution is 2.23. The number of nitrogens with one attached hydrogen (secondary N) is 5. The van der Waals surface area contributed by atoms with E-state index >= 15 is 0 Å². The highest BCUT2D eigenvalue weighted by Gasteiger charge is 2.46. The summed E-state index contributed by atoms with van der Waals surface area (Å²) in [4.78, 5) is 93.2. The predicted molar refractivity (Wildman–Crippen MR) is 227 cm³/mol. The monoisotopic (exact) mass is 838 g/mol. The second-order valence-electron chi connectivity index (χ2n) is 17.8. The molecular formula is C43H79N7O9. The van der Waals surface area contributed by atoms with Crippen molar-refractivity contribution >= 4 is 41.4 Å². The van der Waals surface area contributed by atoms with Crippen LogP contribution in [0.2, 0.25) is 0 Å². The van der Waals surface area contributed by atoms with E-state index in [0.29, 0.717) is 12.8 Å². The first kappa shape index (κ1) is 53.2. The van der Waals surface area contributed by atoms with Crippen molar-refractivity contribution in [1.82, 2.24) is 31.5 Å². The third-order valence-electron chi connectivity index (χ3n) is 10.6. The third-order valence-corrected chi connectivity index (χ3v) is 10.6. The van der Waals surface area contributed by atoms with Crippen LogP contribution in [0.4, 0.5) is 0 Å². The summed E-state index contributed by atoms with van der Waals surface area (Å²) >= 11 is 0. The largest absolute Gasteiger partial charge is 0.394 e. The van der Waals surface area contributed by atoms with E-state index < -0.39 is 77.3 Å². The standard InChI is InChI=1S/C43H79N7O9/c1-9-10-11-12-13-14-15-16-17-18-19-20-36(54)49-43(7,8)42(59)50-24-23-34(52)37(50)41(58)48-33(26-29(4)5)40(57)45-30(6)38(55)47-32(21-22-35(44)53)39(56)46-31(27-51)25-28(2)3/h28-34,37,51-52H,9-27H2,1-8H3,(H2,44,53)(H,45,57)(H,46,56)(H,47,55)(H,48,58)(H,49,54)/t30-,31-,32-,33-,34-,37-/m0/s1. The van der Waals surface area contributed by atoms with E-state index in [1.54, 1.807) is 13.8 Å². The Hall–Kier alpha value is -3.79.